The molecule has 0 saturated carbocycles. The summed E-state index contributed by atoms with van der Waals surface area (Å²) in [6.45, 7) is 2.12. The lowest BCUT2D eigenvalue weighted by Crippen LogP contribution is -2.39. The van der Waals surface area contributed by atoms with Crippen molar-refractivity contribution in [1.29, 1.82) is 0 Å². The Labute approximate surface area is 118 Å². The molecule has 5 nitrogen and oxygen atoms in total. The van der Waals surface area contributed by atoms with E-state index in [1.165, 1.54) is 19.3 Å². The first-order valence-electron chi connectivity index (χ1n) is 7.28. The molecule has 3 rings (SSSR count). The van der Waals surface area contributed by atoms with Crippen molar-refractivity contribution in [3.05, 3.63) is 23.9 Å². The number of aromatic nitrogens is 1. The Bertz CT molecular complexity index is 506. The minimum absolute atomic E-state index is 0.177. The van der Waals surface area contributed by atoms with Crippen LogP contribution in [0.3, 0.4) is 0 Å². The maximum Gasteiger partial charge on any atom is 0.234 e. The highest BCUT2D eigenvalue weighted by Gasteiger charge is 2.28. The van der Waals surface area contributed by atoms with Crippen LogP contribution in [0.1, 0.15) is 43.6 Å². The average Bonchev–Trinajstić information content (AvgIpc) is 2.48. The number of rotatable bonds is 2. The molecular formula is C15H19N3O2. The van der Waals surface area contributed by atoms with Crippen molar-refractivity contribution in [2.75, 3.05) is 18.0 Å². The molecule has 2 saturated heterocycles. The van der Waals surface area contributed by atoms with Crippen LogP contribution in [0.5, 0.6) is 0 Å². The van der Waals surface area contributed by atoms with Gasteiger partial charge in [0.2, 0.25) is 11.8 Å². The average molecular weight is 273 g/mol. The number of hydrogen-bond donors (Lipinski definition) is 1. The van der Waals surface area contributed by atoms with E-state index in [9.17, 15) is 9.59 Å². The van der Waals surface area contributed by atoms with Crippen LogP contribution in [0.15, 0.2) is 18.3 Å². The predicted molar refractivity (Wildman–Crippen MR) is 75.4 cm³/mol. The molecule has 1 aromatic heterocycles. The van der Waals surface area contributed by atoms with Crippen LogP contribution in [0.2, 0.25) is 0 Å². The quantitative estimate of drug-likeness (QED) is 0.831. The summed E-state index contributed by atoms with van der Waals surface area (Å²) in [4.78, 5) is 29.8. The molecule has 1 atom stereocenters. The summed E-state index contributed by atoms with van der Waals surface area (Å²) in [5.41, 5.74) is 0.899. The van der Waals surface area contributed by atoms with Gasteiger partial charge in [-0.05, 0) is 37.3 Å². The molecule has 0 bridgehead atoms. The summed E-state index contributed by atoms with van der Waals surface area (Å²) < 4.78 is 0. The van der Waals surface area contributed by atoms with Crippen LogP contribution >= 0.6 is 0 Å². The van der Waals surface area contributed by atoms with Gasteiger partial charge >= 0.3 is 0 Å². The molecule has 0 unspecified atom stereocenters. The van der Waals surface area contributed by atoms with Gasteiger partial charge in [-0.25, -0.2) is 4.98 Å². The van der Waals surface area contributed by atoms with Crippen molar-refractivity contribution in [2.45, 2.75) is 38.0 Å². The van der Waals surface area contributed by atoms with Crippen molar-refractivity contribution in [3.63, 3.8) is 0 Å². The van der Waals surface area contributed by atoms with E-state index in [0.29, 0.717) is 12.8 Å². The Balaban J connectivity index is 1.72. The summed E-state index contributed by atoms with van der Waals surface area (Å²) in [6.07, 6.45) is 6.50. The second-order valence-corrected chi connectivity index (χ2v) is 5.50. The number of nitrogens with one attached hydrogen (secondary N) is 1. The van der Waals surface area contributed by atoms with Gasteiger partial charge in [-0.15, -0.1) is 0 Å². The SMILES string of the molecule is O=C1CC[C@@H](c2ccc(N3CCCCC3)nc2)C(=O)N1. The van der Waals surface area contributed by atoms with Crippen molar-refractivity contribution in [3.8, 4) is 0 Å². The van der Waals surface area contributed by atoms with Crippen molar-refractivity contribution < 1.29 is 9.59 Å². The standard InChI is InChI=1S/C15H19N3O2/c19-14-7-5-12(15(20)17-14)11-4-6-13(16-10-11)18-8-2-1-3-9-18/h4,6,10,12H,1-3,5,7-9H2,(H,17,19,20)/t12-/m0/s1. The molecule has 0 spiro atoms. The number of carbonyl (C=O) groups excluding carboxylic acids is 2. The molecule has 1 aromatic rings. The van der Waals surface area contributed by atoms with Gasteiger partial charge in [0.1, 0.15) is 5.82 Å². The Hall–Kier alpha value is -1.91. The largest absolute Gasteiger partial charge is 0.357 e. The molecule has 106 valence electrons. The first kappa shape index (κ1) is 13.1. The summed E-state index contributed by atoms with van der Waals surface area (Å²) in [5.74, 6) is 0.370. The molecule has 3 heterocycles. The number of piperidine rings is 2. The van der Waals surface area contributed by atoms with E-state index in [1.807, 2.05) is 12.1 Å². The van der Waals surface area contributed by atoms with Crippen LogP contribution in [-0.2, 0) is 9.59 Å². The van der Waals surface area contributed by atoms with E-state index in [2.05, 4.69) is 15.2 Å². The second kappa shape index (κ2) is 5.61. The van der Waals surface area contributed by atoms with E-state index in [1.54, 1.807) is 6.20 Å². The number of nitrogens with zero attached hydrogens (tertiary/aromatic N) is 2. The minimum atomic E-state index is -0.240. The Morgan fingerprint density at radius 3 is 2.60 bits per heavy atom. The minimum Gasteiger partial charge on any atom is -0.357 e. The van der Waals surface area contributed by atoms with Gasteiger partial charge in [0.25, 0.3) is 0 Å². The van der Waals surface area contributed by atoms with Gasteiger partial charge in [-0.3, -0.25) is 14.9 Å². The fourth-order valence-corrected chi connectivity index (χ4v) is 2.93. The van der Waals surface area contributed by atoms with Crippen LogP contribution < -0.4 is 10.2 Å². The maximum atomic E-state index is 11.8. The van der Waals surface area contributed by atoms with Crippen molar-refractivity contribution >= 4 is 17.6 Å². The van der Waals surface area contributed by atoms with Gasteiger partial charge in [-0.2, -0.15) is 0 Å². The van der Waals surface area contributed by atoms with Crippen molar-refractivity contribution in [2.24, 2.45) is 0 Å². The number of carbonyl (C=O) groups is 2. The van der Waals surface area contributed by atoms with Crippen molar-refractivity contribution in [1.82, 2.24) is 10.3 Å². The van der Waals surface area contributed by atoms with Gasteiger partial charge < -0.3 is 4.90 Å². The molecule has 5 heteroatoms. The Morgan fingerprint density at radius 1 is 1.15 bits per heavy atom. The Kier molecular flexibility index (Phi) is 3.67. The molecule has 0 aromatic carbocycles. The molecule has 2 fully saturated rings. The number of amides is 2. The van der Waals surface area contributed by atoms with E-state index in [-0.39, 0.29) is 17.7 Å². The van der Waals surface area contributed by atoms with Crippen LogP contribution in [0, 0.1) is 0 Å². The van der Waals surface area contributed by atoms with Gasteiger partial charge in [0, 0.05) is 25.7 Å². The van der Waals surface area contributed by atoms with E-state index >= 15 is 0 Å². The highest BCUT2D eigenvalue weighted by Crippen LogP contribution is 2.26. The Morgan fingerprint density at radius 2 is 1.95 bits per heavy atom. The van der Waals surface area contributed by atoms with Crippen LogP contribution in [0.25, 0.3) is 0 Å². The number of pyridine rings is 1. The smallest absolute Gasteiger partial charge is 0.234 e. The maximum absolute atomic E-state index is 11.8. The first-order valence-corrected chi connectivity index (χ1v) is 7.28. The summed E-state index contributed by atoms with van der Waals surface area (Å²) in [5, 5.41) is 2.39. The third kappa shape index (κ3) is 2.66. The molecule has 0 radical (unpaired) electrons. The molecule has 20 heavy (non-hydrogen) atoms. The number of anilines is 1. The summed E-state index contributed by atoms with van der Waals surface area (Å²) >= 11 is 0. The van der Waals surface area contributed by atoms with Gasteiger partial charge in [0.05, 0.1) is 5.92 Å². The molecule has 2 aliphatic heterocycles. The second-order valence-electron chi connectivity index (χ2n) is 5.50. The number of imide groups is 1. The topological polar surface area (TPSA) is 62.3 Å². The lowest BCUT2D eigenvalue weighted by molar-refractivity contribution is -0.134. The zero-order valence-corrected chi connectivity index (χ0v) is 11.5. The zero-order chi connectivity index (χ0) is 13.9. The van der Waals surface area contributed by atoms with E-state index in [4.69, 9.17) is 0 Å². The molecular weight excluding hydrogens is 254 g/mol. The van der Waals surface area contributed by atoms with Crippen LogP contribution in [0.4, 0.5) is 5.82 Å². The normalized spacial score (nSPS) is 23.6. The lowest BCUT2D eigenvalue weighted by atomic mass is 9.92. The molecule has 0 aliphatic carbocycles. The highest BCUT2D eigenvalue weighted by atomic mass is 16.2. The summed E-state index contributed by atoms with van der Waals surface area (Å²) in [6, 6.07) is 3.96. The molecule has 1 N–H and O–H groups in total. The first-order chi connectivity index (χ1) is 9.74. The van der Waals surface area contributed by atoms with E-state index < -0.39 is 0 Å². The van der Waals surface area contributed by atoms with E-state index in [0.717, 1.165) is 24.5 Å². The zero-order valence-electron chi connectivity index (χ0n) is 11.5. The predicted octanol–water partition coefficient (Wildman–Crippen LogP) is 1.59. The fraction of sp³-hybridized carbons (Fsp3) is 0.533. The van der Waals surface area contributed by atoms with Gasteiger partial charge in [0.15, 0.2) is 0 Å². The number of hydrogen-bond acceptors (Lipinski definition) is 4. The van der Waals surface area contributed by atoms with Crippen LogP contribution in [-0.4, -0.2) is 29.9 Å². The third-order valence-corrected chi connectivity index (χ3v) is 4.09. The summed E-state index contributed by atoms with van der Waals surface area (Å²) in [7, 11) is 0. The lowest BCUT2D eigenvalue weighted by Gasteiger charge is -2.28. The monoisotopic (exact) mass is 273 g/mol. The highest BCUT2D eigenvalue weighted by molar-refractivity contribution is 6.00. The third-order valence-electron chi connectivity index (χ3n) is 4.09. The fourth-order valence-electron chi connectivity index (χ4n) is 2.93. The molecule has 2 amide bonds. The van der Waals surface area contributed by atoms with Gasteiger partial charge in [-0.1, -0.05) is 6.07 Å². The molecule has 2 aliphatic rings.